The Labute approximate surface area is 79.6 Å². The van der Waals surface area contributed by atoms with Crippen LogP contribution < -0.4 is 0 Å². The molecule has 0 aromatic carbocycles. The molecule has 1 aromatic heterocycles. The van der Waals surface area contributed by atoms with Gasteiger partial charge in [0.2, 0.25) is 0 Å². The van der Waals surface area contributed by atoms with Gasteiger partial charge < -0.3 is 10.2 Å². The summed E-state index contributed by atoms with van der Waals surface area (Å²) in [7, 11) is 0. The van der Waals surface area contributed by atoms with Gasteiger partial charge in [-0.05, 0) is 0 Å². The third-order valence-electron chi connectivity index (χ3n) is 0.846. The van der Waals surface area contributed by atoms with Crippen LogP contribution in [-0.2, 0) is 9.59 Å². The number of carbonyl (C=O) groups is 2. The van der Waals surface area contributed by atoms with E-state index >= 15 is 0 Å². The number of carboxylic acid groups (broad SMARTS) is 2. The van der Waals surface area contributed by atoms with Gasteiger partial charge in [0.15, 0.2) is 0 Å². The average molecular weight is 196 g/mol. The average Bonchev–Trinajstić information content (AvgIpc) is 2.18. The number of hydrogen-bond donors (Lipinski definition) is 2. The Hall–Kier alpha value is -2.24. The van der Waals surface area contributed by atoms with Crippen molar-refractivity contribution in [3.8, 4) is 0 Å². The molecule has 0 saturated heterocycles. The zero-order valence-electron chi connectivity index (χ0n) is 7.07. The molecule has 0 amide bonds. The summed E-state index contributed by atoms with van der Waals surface area (Å²) in [5, 5.41) is 15.6. The molecule has 2 N–H and O–H groups in total. The molecule has 1 heterocycles. The fraction of sp³-hybridized carbons (Fsp3) is 0. The Kier molecular flexibility index (Phi) is 6.23. The van der Waals surface area contributed by atoms with Crippen molar-refractivity contribution in [3.63, 3.8) is 0 Å². The van der Waals surface area contributed by atoms with E-state index < -0.39 is 11.9 Å². The summed E-state index contributed by atoms with van der Waals surface area (Å²) in [6.07, 6.45) is 7.67. The van der Waals surface area contributed by atoms with E-state index in [1.165, 1.54) is 0 Å². The molecular weight excluding hydrogens is 188 g/mol. The predicted molar refractivity (Wildman–Crippen MR) is 46.4 cm³/mol. The lowest BCUT2D eigenvalue weighted by molar-refractivity contribution is -0.134. The second-order valence-electron chi connectivity index (χ2n) is 1.90. The first-order valence-corrected chi connectivity index (χ1v) is 3.47. The van der Waals surface area contributed by atoms with E-state index in [4.69, 9.17) is 10.2 Å². The van der Waals surface area contributed by atoms with Crippen LogP contribution in [0.25, 0.3) is 0 Å². The van der Waals surface area contributed by atoms with E-state index in [2.05, 4.69) is 9.97 Å². The summed E-state index contributed by atoms with van der Waals surface area (Å²) in [4.78, 5) is 26.6. The molecule has 1 aromatic rings. The molecule has 1 rings (SSSR count). The molecule has 0 fully saturated rings. The molecule has 0 bridgehead atoms. The Bertz CT molecular complexity index is 268. The smallest absolute Gasteiger partial charge is 0.328 e. The van der Waals surface area contributed by atoms with Gasteiger partial charge >= 0.3 is 11.9 Å². The number of aliphatic carboxylic acids is 2. The van der Waals surface area contributed by atoms with E-state index in [1.54, 1.807) is 24.8 Å². The third-order valence-corrected chi connectivity index (χ3v) is 0.846. The number of hydrogen-bond acceptors (Lipinski definition) is 4. The number of rotatable bonds is 2. The molecule has 0 radical (unpaired) electrons. The van der Waals surface area contributed by atoms with Crippen LogP contribution in [0.2, 0.25) is 0 Å². The second kappa shape index (κ2) is 7.41. The second-order valence-corrected chi connectivity index (χ2v) is 1.90. The van der Waals surface area contributed by atoms with Crippen molar-refractivity contribution >= 4 is 11.9 Å². The van der Waals surface area contributed by atoms with E-state index in [1.807, 2.05) is 0 Å². The summed E-state index contributed by atoms with van der Waals surface area (Å²) in [6.45, 7) is 0. The van der Waals surface area contributed by atoms with E-state index in [0.29, 0.717) is 12.2 Å². The maximum atomic E-state index is 9.55. The van der Waals surface area contributed by atoms with Crippen LogP contribution in [0.15, 0.2) is 36.9 Å². The van der Waals surface area contributed by atoms with Crippen LogP contribution in [-0.4, -0.2) is 32.1 Å². The van der Waals surface area contributed by atoms with Gasteiger partial charge in [0.05, 0.1) is 0 Å². The van der Waals surface area contributed by atoms with Crippen LogP contribution in [0, 0.1) is 0 Å². The number of carboxylic acids is 2. The lowest BCUT2D eigenvalue weighted by atomic mass is 10.5. The molecule has 0 unspecified atom stereocenters. The highest BCUT2D eigenvalue weighted by Gasteiger charge is 1.88. The lowest BCUT2D eigenvalue weighted by Crippen LogP contribution is -1.91. The number of aromatic nitrogens is 2. The standard InChI is InChI=1S/C4H4N2.C4H4O4/c1-2-6-4-3-5-1;5-3(6)1-2-4(7)8/h1-4H;1-2H,(H,5,6)(H,7,8)/b;2-1+. The molecule has 6 nitrogen and oxygen atoms in total. The molecule has 0 saturated carbocycles. The zero-order chi connectivity index (χ0) is 10.8. The quantitative estimate of drug-likeness (QED) is 0.655. The SMILES string of the molecule is O=C(O)/C=C/C(=O)O.c1cnccn1. The highest BCUT2D eigenvalue weighted by molar-refractivity contribution is 5.89. The Balaban J connectivity index is 0.000000249. The van der Waals surface area contributed by atoms with Gasteiger partial charge in [-0.25, -0.2) is 9.59 Å². The highest BCUT2D eigenvalue weighted by atomic mass is 16.4. The molecular formula is C8H8N2O4. The molecule has 0 spiro atoms. The van der Waals surface area contributed by atoms with Gasteiger partial charge in [-0.1, -0.05) is 0 Å². The highest BCUT2D eigenvalue weighted by Crippen LogP contribution is 1.70. The minimum Gasteiger partial charge on any atom is -0.478 e. The molecule has 74 valence electrons. The summed E-state index contributed by atoms with van der Waals surface area (Å²) < 4.78 is 0. The van der Waals surface area contributed by atoms with E-state index in [9.17, 15) is 9.59 Å². The molecule has 6 heteroatoms. The van der Waals surface area contributed by atoms with Crippen LogP contribution in [0.5, 0.6) is 0 Å². The fourth-order valence-electron chi connectivity index (χ4n) is 0.396. The van der Waals surface area contributed by atoms with Gasteiger partial charge in [-0.3, -0.25) is 9.97 Å². The van der Waals surface area contributed by atoms with Crippen LogP contribution in [0.1, 0.15) is 0 Å². The molecule has 0 aliphatic carbocycles. The van der Waals surface area contributed by atoms with Crippen LogP contribution in [0.4, 0.5) is 0 Å². The van der Waals surface area contributed by atoms with E-state index in [0.717, 1.165) is 0 Å². The van der Waals surface area contributed by atoms with Crippen LogP contribution >= 0.6 is 0 Å². The molecule has 0 atom stereocenters. The Morgan fingerprint density at radius 2 is 1.14 bits per heavy atom. The monoisotopic (exact) mass is 196 g/mol. The predicted octanol–water partition coefficient (Wildman–Crippen LogP) is 0.188. The molecule has 14 heavy (non-hydrogen) atoms. The van der Waals surface area contributed by atoms with Crippen LogP contribution in [0.3, 0.4) is 0 Å². The van der Waals surface area contributed by atoms with Crippen molar-refractivity contribution < 1.29 is 19.8 Å². The number of nitrogens with zero attached hydrogens (tertiary/aromatic N) is 2. The minimum atomic E-state index is -1.26. The fourth-order valence-corrected chi connectivity index (χ4v) is 0.396. The van der Waals surface area contributed by atoms with Gasteiger partial charge in [-0.15, -0.1) is 0 Å². The largest absolute Gasteiger partial charge is 0.478 e. The van der Waals surface area contributed by atoms with Crippen molar-refractivity contribution in [2.24, 2.45) is 0 Å². The molecule has 0 aliphatic heterocycles. The summed E-state index contributed by atoms with van der Waals surface area (Å²) in [6, 6.07) is 0. The minimum absolute atomic E-state index is 0.558. The Morgan fingerprint density at radius 3 is 1.29 bits per heavy atom. The third kappa shape index (κ3) is 9.76. The van der Waals surface area contributed by atoms with Gasteiger partial charge in [-0.2, -0.15) is 0 Å². The maximum Gasteiger partial charge on any atom is 0.328 e. The summed E-state index contributed by atoms with van der Waals surface area (Å²) in [5.41, 5.74) is 0. The lowest BCUT2D eigenvalue weighted by Gasteiger charge is -1.74. The van der Waals surface area contributed by atoms with E-state index in [-0.39, 0.29) is 0 Å². The first kappa shape index (κ1) is 11.8. The topological polar surface area (TPSA) is 100 Å². The summed E-state index contributed by atoms with van der Waals surface area (Å²) >= 11 is 0. The molecule has 0 aliphatic rings. The Morgan fingerprint density at radius 1 is 0.857 bits per heavy atom. The van der Waals surface area contributed by atoms with Crippen molar-refractivity contribution in [3.05, 3.63) is 36.9 Å². The van der Waals surface area contributed by atoms with Gasteiger partial charge in [0, 0.05) is 36.9 Å². The maximum absolute atomic E-state index is 9.55. The van der Waals surface area contributed by atoms with Crippen molar-refractivity contribution in [1.29, 1.82) is 0 Å². The summed E-state index contributed by atoms with van der Waals surface area (Å²) in [5.74, 6) is -2.51. The van der Waals surface area contributed by atoms with Crippen molar-refractivity contribution in [2.75, 3.05) is 0 Å². The van der Waals surface area contributed by atoms with Gasteiger partial charge in [0.1, 0.15) is 0 Å². The first-order valence-electron chi connectivity index (χ1n) is 3.47. The van der Waals surface area contributed by atoms with Gasteiger partial charge in [0.25, 0.3) is 0 Å². The van der Waals surface area contributed by atoms with Crippen molar-refractivity contribution in [2.45, 2.75) is 0 Å². The normalized spacial score (nSPS) is 8.86. The zero-order valence-corrected chi connectivity index (χ0v) is 7.07. The van der Waals surface area contributed by atoms with Crippen molar-refractivity contribution in [1.82, 2.24) is 9.97 Å². The first-order chi connectivity index (χ1) is 6.63.